The van der Waals surface area contributed by atoms with E-state index in [4.69, 9.17) is 0 Å². The number of hydrogen-bond donors (Lipinski definition) is 2. The Morgan fingerprint density at radius 1 is 1.28 bits per heavy atom. The summed E-state index contributed by atoms with van der Waals surface area (Å²) in [5, 5.41) is 12.3. The molecule has 3 nitrogen and oxygen atoms in total. The Kier molecular flexibility index (Phi) is 6.61. The van der Waals surface area contributed by atoms with Crippen molar-refractivity contribution in [3.63, 3.8) is 0 Å². The summed E-state index contributed by atoms with van der Waals surface area (Å²) >= 11 is 0. The van der Waals surface area contributed by atoms with Gasteiger partial charge in [-0.3, -0.25) is 0 Å². The van der Waals surface area contributed by atoms with Crippen molar-refractivity contribution in [1.29, 1.82) is 0 Å². The van der Waals surface area contributed by atoms with E-state index in [1.54, 1.807) is 0 Å². The minimum absolute atomic E-state index is 0.245. The molecule has 0 aromatic carbocycles. The quantitative estimate of drug-likeness (QED) is 0.791. The number of likely N-dealkylation sites (tertiary alicyclic amines) is 1. The Morgan fingerprint density at radius 3 is 2.56 bits per heavy atom. The van der Waals surface area contributed by atoms with Gasteiger partial charge in [0, 0.05) is 6.04 Å². The van der Waals surface area contributed by atoms with Crippen LogP contribution < -0.4 is 5.32 Å². The molecule has 1 fully saturated rings. The molecular formula is C15H32N2O. The SMILES string of the molecule is CNC(CO)CCN1CCCC(C(C)(C)C)CC1. The van der Waals surface area contributed by atoms with Crippen molar-refractivity contribution in [1.82, 2.24) is 10.2 Å². The molecule has 1 heterocycles. The van der Waals surface area contributed by atoms with Crippen molar-refractivity contribution >= 4 is 0 Å². The lowest BCUT2D eigenvalue weighted by Gasteiger charge is -2.30. The molecule has 108 valence electrons. The molecule has 1 saturated heterocycles. The molecule has 3 heteroatoms. The van der Waals surface area contributed by atoms with E-state index in [2.05, 4.69) is 31.0 Å². The zero-order valence-electron chi connectivity index (χ0n) is 12.7. The Hall–Kier alpha value is -0.120. The Labute approximate surface area is 113 Å². The molecule has 0 spiro atoms. The Morgan fingerprint density at radius 2 is 2.00 bits per heavy atom. The van der Waals surface area contributed by atoms with Gasteiger partial charge in [0.05, 0.1) is 6.61 Å². The van der Waals surface area contributed by atoms with Crippen molar-refractivity contribution in [2.75, 3.05) is 33.3 Å². The van der Waals surface area contributed by atoms with Crippen molar-refractivity contribution in [3.05, 3.63) is 0 Å². The van der Waals surface area contributed by atoms with Gasteiger partial charge in [-0.15, -0.1) is 0 Å². The van der Waals surface area contributed by atoms with Gasteiger partial charge >= 0.3 is 0 Å². The zero-order chi connectivity index (χ0) is 13.6. The summed E-state index contributed by atoms with van der Waals surface area (Å²) in [4.78, 5) is 2.58. The van der Waals surface area contributed by atoms with E-state index in [0.29, 0.717) is 5.41 Å². The predicted molar refractivity (Wildman–Crippen MR) is 77.8 cm³/mol. The van der Waals surface area contributed by atoms with Crippen molar-refractivity contribution in [3.8, 4) is 0 Å². The molecule has 2 unspecified atom stereocenters. The van der Waals surface area contributed by atoms with Crippen LogP contribution in [0.1, 0.15) is 46.5 Å². The minimum Gasteiger partial charge on any atom is -0.395 e. The molecule has 2 atom stereocenters. The molecule has 18 heavy (non-hydrogen) atoms. The highest BCUT2D eigenvalue weighted by Gasteiger charge is 2.26. The topological polar surface area (TPSA) is 35.5 Å². The average Bonchev–Trinajstić information content (AvgIpc) is 2.55. The molecule has 1 rings (SSSR count). The van der Waals surface area contributed by atoms with Gasteiger partial charge < -0.3 is 15.3 Å². The number of likely N-dealkylation sites (N-methyl/N-ethyl adjacent to an activating group) is 1. The number of aliphatic hydroxyl groups excluding tert-OH is 1. The smallest absolute Gasteiger partial charge is 0.0585 e. The summed E-state index contributed by atoms with van der Waals surface area (Å²) in [5.74, 6) is 0.862. The Bertz CT molecular complexity index is 221. The van der Waals surface area contributed by atoms with Gasteiger partial charge in [-0.05, 0) is 63.7 Å². The average molecular weight is 256 g/mol. The maximum atomic E-state index is 9.18. The fraction of sp³-hybridized carbons (Fsp3) is 1.00. The van der Waals surface area contributed by atoms with Crippen molar-refractivity contribution in [2.24, 2.45) is 11.3 Å². The third-order valence-electron chi connectivity index (χ3n) is 4.47. The second-order valence-corrected chi connectivity index (χ2v) is 6.79. The lowest BCUT2D eigenvalue weighted by atomic mass is 9.77. The third kappa shape index (κ3) is 5.25. The first-order chi connectivity index (χ1) is 8.47. The molecule has 0 amide bonds. The van der Waals surface area contributed by atoms with Gasteiger partial charge in [0.15, 0.2) is 0 Å². The van der Waals surface area contributed by atoms with Crippen molar-refractivity contribution < 1.29 is 5.11 Å². The van der Waals surface area contributed by atoms with Crippen LogP contribution in [-0.4, -0.2) is 49.3 Å². The fourth-order valence-electron chi connectivity index (χ4n) is 2.91. The van der Waals surface area contributed by atoms with Crippen LogP contribution in [0.4, 0.5) is 0 Å². The van der Waals surface area contributed by atoms with E-state index >= 15 is 0 Å². The van der Waals surface area contributed by atoms with Gasteiger partial charge in [0.25, 0.3) is 0 Å². The predicted octanol–water partition coefficient (Wildman–Crippen LogP) is 2.10. The molecule has 0 aliphatic carbocycles. The van der Waals surface area contributed by atoms with Crippen LogP contribution in [0.3, 0.4) is 0 Å². The fourth-order valence-corrected chi connectivity index (χ4v) is 2.91. The van der Waals surface area contributed by atoms with Crippen LogP contribution in [-0.2, 0) is 0 Å². The van der Waals surface area contributed by atoms with Gasteiger partial charge in [-0.25, -0.2) is 0 Å². The number of nitrogens with zero attached hydrogens (tertiary/aromatic N) is 1. The lowest BCUT2D eigenvalue weighted by molar-refractivity contribution is 0.196. The number of rotatable bonds is 5. The largest absolute Gasteiger partial charge is 0.395 e. The van der Waals surface area contributed by atoms with Crippen molar-refractivity contribution in [2.45, 2.75) is 52.5 Å². The molecule has 1 aliphatic heterocycles. The maximum absolute atomic E-state index is 9.18. The summed E-state index contributed by atoms with van der Waals surface area (Å²) < 4.78 is 0. The van der Waals surface area contributed by atoms with Gasteiger partial charge in [-0.1, -0.05) is 20.8 Å². The van der Waals surface area contributed by atoms with E-state index < -0.39 is 0 Å². The molecule has 0 saturated carbocycles. The van der Waals surface area contributed by atoms with Gasteiger partial charge in [0.2, 0.25) is 0 Å². The summed E-state index contributed by atoms with van der Waals surface area (Å²) in [5.41, 5.74) is 0.453. The summed E-state index contributed by atoms with van der Waals surface area (Å²) in [6.45, 7) is 10.9. The van der Waals surface area contributed by atoms with Crippen LogP contribution >= 0.6 is 0 Å². The van der Waals surface area contributed by atoms with E-state index in [0.717, 1.165) is 18.9 Å². The van der Waals surface area contributed by atoms with Crippen LogP contribution in [0, 0.1) is 11.3 Å². The Balaban J connectivity index is 2.33. The second-order valence-electron chi connectivity index (χ2n) is 6.79. The lowest BCUT2D eigenvalue weighted by Crippen LogP contribution is -2.35. The molecule has 0 bridgehead atoms. The first-order valence-corrected chi connectivity index (χ1v) is 7.48. The highest BCUT2D eigenvalue weighted by molar-refractivity contribution is 4.79. The number of aliphatic hydroxyl groups is 1. The summed E-state index contributed by atoms with van der Waals surface area (Å²) in [6.07, 6.45) is 5.07. The van der Waals surface area contributed by atoms with Crippen LogP contribution in [0.2, 0.25) is 0 Å². The van der Waals surface area contributed by atoms with Crippen LogP contribution in [0.25, 0.3) is 0 Å². The maximum Gasteiger partial charge on any atom is 0.0585 e. The highest BCUT2D eigenvalue weighted by Crippen LogP contribution is 2.34. The van der Waals surface area contributed by atoms with Crippen LogP contribution in [0.5, 0.6) is 0 Å². The first kappa shape index (κ1) is 15.9. The zero-order valence-corrected chi connectivity index (χ0v) is 12.7. The molecule has 0 aromatic heterocycles. The third-order valence-corrected chi connectivity index (χ3v) is 4.47. The van der Waals surface area contributed by atoms with Crippen LogP contribution in [0.15, 0.2) is 0 Å². The van der Waals surface area contributed by atoms with E-state index in [9.17, 15) is 5.11 Å². The second kappa shape index (κ2) is 7.46. The summed E-state index contributed by atoms with van der Waals surface area (Å²) in [6, 6.07) is 0.256. The normalized spacial score (nSPS) is 24.8. The molecule has 1 aliphatic rings. The van der Waals surface area contributed by atoms with Gasteiger partial charge in [-0.2, -0.15) is 0 Å². The van der Waals surface area contributed by atoms with Gasteiger partial charge in [0.1, 0.15) is 0 Å². The molecule has 0 aromatic rings. The molecular weight excluding hydrogens is 224 g/mol. The summed E-state index contributed by atoms with van der Waals surface area (Å²) in [7, 11) is 1.93. The standard InChI is InChI=1S/C15H32N2O/c1-15(2,3)13-6-5-9-17(10-7-13)11-8-14(12-18)16-4/h13-14,16,18H,5-12H2,1-4H3. The van der Waals surface area contributed by atoms with E-state index in [-0.39, 0.29) is 12.6 Å². The first-order valence-electron chi connectivity index (χ1n) is 7.48. The monoisotopic (exact) mass is 256 g/mol. The van der Waals surface area contributed by atoms with E-state index in [1.807, 2.05) is 7.05 Å². The molecule has 2 N–H and O–H groups in total. The minimum atomic E-state index is 0.245. The molecule has 0 radical (unpaired) electrons. The van der Waals surface area contributed by atoms with E-state index in [1.165, 1.54) is 32.4 Å². The number of hydrogen-bond acceptors (Lipinski definition) is 3. The number of nitrogens with one attached hydrogen (secondary N) is 1. The highest BCUT2D eigenvalue weighted by atomic mass is 16.3.